The van der Waals surface area contributed by atoms with Crippen LogP contribution in [0.5, 0.6) is 0 Å². The maximum Gasteiger partial charge on any atom is 0.136 e. The van der Waals surface area contributed by atoms with Crippen LogP contribution in [-0.2, 0) is 4.79 Å². The van der Waals surface area contributed by atoms with E-state index in [0.29, 0.717) is 17.1 Å². The molecule has 0 aromatic carbocycles. The van der Waals surface area contributed by atoms with Crippen LogP contribution in [0.1, 0.15) is 51.9 Å². The molecular weight excluding hydrogens is 148 g/mol. The molecule has 0 aromatic heterocycles. The van der Waals surface area contributed by atoms with Gasteiger partial charge in [-0.3, -0.25) is 4.79 Å². The first-order valence-electron chi connectivity index (χ1n) is 5.31. The Labute approximate surface area is 74.5 Å². The average Bonchev–Trinajstić information content (AvgIpc) is 2.50. The number of hydrogen-bond acceptors (Lipinski definition) is 1. The molecule has 2 atom stereocenters. The molecule has 2 saturated carbocycles. The van der Waals surface area contributed by atoms with E-state index in [2.05, 4.69) is 6.92 Å². The number of fused-ring (bicyclic) bond motifs is 1. The summed E-state index contributed by atoms with van der Waals surface area (Å²) in [5.74, 6) is 1.02. The molecular formula is C11H18O. The first-order valence-corrected chi connectivity index (χ1v) is 5.31. The van der Waals surface area contributed by atoms with E-state index in [-0.39, 0.29) is 0 Å². The Kier molecular flexibility index (Phi) is 1.97. The second-order valence-electron chi connectivity index (χ2n) is 4.48. The second kappa shape index (κ2) is 2.86. The normalized spacial score (nSPS) is 41.4. The maximum absolute atomic E-state index is 11.6. The summed E-state index contributed by atoms with van der Waals surface area (Å²) in [5.41, 5.74) is 0.454. The Morgan fingerprint density at radius 2 is 2.17 bits per heavy atom. The molecule has 0 saturated heterocycles. The van der Waals surface area contributed by atoms with Crippen molar-refractivity contribution in [3.63, 3.8) is 0 Å². The van der Waals surface area contributed by atoms with Gasteiger partial charge in [0.1, 0.15) is 5.78 Å². The highest BCUT2D eigenvalue weighted by atomic mass is 16.1. The third-order valence-corrected chi connectivity index (χ3v) is 4.10. The standard InChI is InChI=1S/C11H18O/c1-2-11-7-3-5-9(11)10(12)6-4-8-11/h9H,2-8H2,1H3/t9-,11+/m1/s1. The molecule has 0 N–H and O–H groups in total. The van der Waals surface area contributed by atoms with E-state index in [4.69, 9.17) is 0 Å². The van der Waals surface area contributed by atoms with Crippen molar-refractivity contribution in [1.29, 1.82) is 0 Å². The van der Waals surface area contributed by atoms with Gasteiger partial charge in [-0.2, -0.15) is 0 Å². The maximum atomic E-state index is 11.6. The van der Waals surface area contributed by atoms with Crippen LogP contribution in [0.15, 0.2) is 0 Å². The SMILES string of the molecule is CC[C@]12CCCC(=O)[C@H]1CCC2. The van der Waals surface area contributed by atoms with Crippen LogP contribution in [0, 0.1) is 11.3 Å². The van der Waals surface area contributed by atoms with Gasteiger partial charge in [-0.15, -0.1) is 0 Å². The summed E-state index contributed by atoms with van der Waals surface area (Å²) in [6, 6.07) is 0. The van der Waals surface area contributed by atoms with Crippen LogP contribution in [0.25, 0.3) is 0 Å². The largest absolute Gasteiger partial charge is 0.299 e. The number of rotatable bonds is 1. The van der Waals surface area contributed by atoms with Gasteiger partial charge >= 0.3 is 0 Å². The average molecular weight is 166 g/mol. The second-order valence-corrected chi connectivity index (χ2v) is 4.48. The molecule has 1 nitrogen and oxygen atoms in total. The van der Waals surface area contributed by atoms with E-state index in [0.717, 1.165) is 12.8 Å². The van der Waals surface area contributed by atoms with Gasteiger partial charge in [0.25, 0.3) is 0 Å². The van der Waals surface area contributed by atoms with Gasteiger partial charge < -0.3 is 0 Å². The zero-order valence-electron chi connectivity index (χ0n) is 7.94. The summed E-state index contributed by atoms with van der Waals surface area (Å²) < 4.78 is 0. The van der Waals surface area contributed by atoms with Gasteiger partial charge in [-0.1, -0.05) is 13.3 Å². The zero-order valence-corrected chi connectivity index (χ0v) is 7.94. The lowest BCUT2D eigenvalue weighted by Gasteiger charge is -2.37. The van der Waals surface area contributed by atoms with Crippen molar-refractivity contribution in [2.45, 2.75) is 51.9 Å². The molecule has 0 radical (unpaired) electrons. The van der Waals surface area contributed by atoms with Crippen molar-refractivity contribution in [2.75, 3.05) is 0 Å². The molecule has 2 aliphatic carbocycles. The molecule has 0 unspecified atom stereocenters. The van der Waals surface area contributed by atoms with E-state index >= 15 is 0 Å². The lowest BCUT2D eigenvalue weighted by molar-refractivity contribution is -0.129. The van der Waals surface area contributed by atoms with Crippen molar-refractivity contribution in [2.24, 2.45) is 11.3 Å². The quantitative estimate of drug-likeness (QED) is 0.585. The monoisotopic (exact) mass is 166 g/mol. The van der Waals surface area contributed by atoms with Gasteiger partial charge in [0, 0.05) is 12.3 Å². The van der Waals surface area contributed by atoms with Crippen molar-refractivity contribution in [1.82, 2.24) is 0 Å². The molecule has 2 aliphatic rings. The molecule has 12 heavy (non-hydrogen) atoms. The van der Waals surface area contributed by atoms with Crippen molar-refractivity contribution in [3.8, 4) is 0 Å². The van der Waals surface area contributed by atoms with E-state index < -0.39 is 0 Å². The van der Waals surface area contributed by atoms with E-state index in [1.807, 2.05) is 0 Å². The first-order chi connectivity index (χ1) is 5.78. The topological polar surface area (TPSA) is 17.1 Å². The summed E-state index contributed by atoms with van der Waals surface area (Å²) in [6.07, 6.45) is 8.37. The summed E-state index contributed by atoms with van der Waals surface area (Å²) in [6.45, 7) is 2.26. The van der Waals surface area contributed by atoms with Crippen molar-refractivity contribution in [3.05, 3.63) is 0 Å². The van der Waals surface area contributed by atoms with Crippen LogP contribution in [-0.4, -0.2) is 5.78 Å². The van der Waals surface area contributed by atoms with Gasteiger partial charge in [-0.25, -0.2) is 0 Å². The fourth-order valence-corrected chi connectivity index (χ4v) is 3.33. The van der Waals surface area contributed by atoms with Gasteiger partial charge in [0.2, 0.25) is 0 Å². The number of carbonyl (C=O) groups excluding carboxylic acids is 1. The minimum atomic E-state index is 0.454. The predicted molar refractivity (Wildman–Crippen MR) is 48.9 cm³/mol. The molecule has 0 spiro atoms. The lowest BCUT2D eigenvalue weighted by atomic mass is 9.66. The minimum Gasteiger partial charge on any atom is -0.299 e. The molecule has 0 heterocycles. The Morgan fingerprint density at radius 1 is 1.42 bits per heavy atom. The summed E-state index contributed by atoms with van der Waals surface area (Å²) in [5, 5.41) is 0. The number of carbonyl (C=O) groups is 1. The van der Waals surface area contributed by atoms with Crippen LogP contribution in [0.4, 0.5) is 0 Å². The Bertz CT molecular complexity index is 197. The van der Waals surface area contributed by atoms with E-state index in [9.17, 15) is 4.79 Å². The highest BCUT2D eigenvalue weighted by Crippen LogP contribution is 2.52. The molecule has 1 heteroatoms. The molecule has 0 aliphatic heterocycles. The van der Waals surface area contributed by atoms with Crippen LogP contribution in [0.3, 0.4) is 0 Å². The van der Waals surface area contributed by atoms with Gasteiger partial charge in [0.15, 0.2) is 0 Å². The molecule has 2 fully saturated rings. The highest BCUT2D eigenvalue weighted by molar-refractivity contribution is 5.82. The number of hydrogen-bond donors (Lipinski definition) is 0. The van der Waals surface area contributed by atoms with Crippen molar-refractivity contribution >= 4 is 5.78 Å². The number of Topliss-reactive ketones (excluding diaryl/α,β-unsaturated/α-hetero) is 1. The third kappa shape index (κ3) is 1.02. The van der Waals surface area contributed by atoms with Crippen LogP contribution < -0.4 is 0 Å². The van der Waals surface area contributed by atoms with E-state index in [1.54, 1.807) is 0 Å². The van der Waals surface area contributed by atoms with Gasteiger partial charge in [0.05, 0.1) is 0 Å². The zero-order chi connectivity index (χ0) is 8.60. The fourth-order valence-electron chi connectivity index (χ4n) is 3.33. The summed E-state index contributed by atoms with van der Waals surface area (Å²) >= 11 is 0. The fraction of sp³-hybridized carbons (Fsp3) is 0.909. The summed E-state index contributed by atoms with van der Waals surface area (Å²) in [4.78, 5) is 11.6. The summed E-state index contributed by atoms with van der Waals surface area (Å²) in [7, 11) is 0. The van der Waals surface area contributed by atoms with E-state index in [1.165, 1.54) is 32.1 Å². The Balaban J connectivity index is 2.22. The van der Waals surface area contributed by atoms with Crippen molar-refractivity contribution < 1.29 is 4.79 Å². The lowest BCUT2D eigenvalue weighted by Crippen LogP contribution is -2.34. The van der Waals surface area contributed by atoms with Crippen LogP contribution >= 0.6 is 0 Å². The van der Waals surface area contributed by atoms with Crippen LogP contribution in [0.2, 0.25) is 0 Å². The smallest absolute Gasteiger partial charge is 0.136 e. The molecule has 0 aromatic rings. The number of ketones is 1. The minimum absolute atomic E-state index is 0.454. The predicted octanol–water partition coefficient (Wildman–Crippen LogP) is 2.94. The molecule has 0 bridgehead atoms. The molecule has 0 amide bonds. The highest BCUT2D eigenvalue weighted by Gasteiger charge is 2.46. The van der Waals surface area contributed by atoms with Gasteiger partial charge in [-0.05, 0) is 37.5 Å². The molecule has 68 valence electrons. The first kappa shape index (κ1) is 8.28. The Hall–Kier alpha value is -0.330. The molecule has 2 rings (SSSR count). The Morgan fingerprint density at radius 3 is 2.83 bits per heavy atom. The third-order valence-electron chi connectivity index (χ3n) is 4.10.